The van der Waals surface area contributed by atoms with Crippen LogP contribution in [0.5, 0.6) is 0 Å². The number of nitrogens with one attached hydrogen (secondary N) is 1. The Morgan fingerprint density at radius 1 is 1.35 bits per heavy atom. The van der Waals surface area contributed by atoms with E-state index < -0.39 is 27.2 Å². The maximum absolute atomic E-state index is 12.0. The zero-order chi connectivity index (χ0) is 15.5. The molecule has 0 bridgehead atoms. The van der Waals surface area contributed by atoms with Gasteiger partial charge in [0.15, 0.2) is 5.25 Å². The third-order valence-electron chi connectivity index (χ3n) is 2.66. The van der Waals surface area contributed by atoms with Gasteiger partial charge >= 0.3 is 11.9 Å². The van der Waals surface area contributed by atoms with Gasteiger partial charge in [-0.1, -0.05) is 11.6 Å². The average Bonchev–Trinajstić information content (AvgIpc) is 2.38. The molecule has 0 aliphatic carbocycles. The summed E-state index contributed by atoms with van der Waals surface area (Å²) in [5, 5.41) is 7.61. The van der Waals surface area contributed by atoms with E-state index in [1.54, 1.807) is 13.0 Å². The number of sulfonamides is 1. The number of hydrogen-bond donors (Lipinski definition) is 2. The molecule has 0 amide bonds. The van der Waals surface area contributed by atoms with Crippen LogP contribution in [-0.2, 0) is 19.6 Å². The summed E-state index contributed by atoms with van der Waals surface area (Å²) < 4.78 is 30.4. The van der Waals surface area contributed by atoms with Crippen LogP contribution in [0.1, 0.15) is 22.8 Å². The Morgan fingerprint density at radius 3 is 2.45 bits per heavy atom. The number of esters is 1. The number of rotatable bonds is 5. The van der Waals surface area contributed by atoms with Crippen LogP contribution in [0.15, 0.2) is 18.2 Å². The van der Waals surface area contributed by atoms with Crippen LogP contribution < -0.4 is 4.72 Å². The van der Waals surface area contributed by atoms with Crippen molar-refractivity contribution in [1.82, 2.24) is 0 Å². The standard InChI is InChI=1S/C12H15NO6S/c1-7-4-5-10(9(6-7)11(14)15)13-20(17,18)8(2)12(16)19-3/h4-6,8,13H,1-3H3,(H,14,15). The Labute approximate surface area is 116 Å². The molecule has 0 aliphatic heterocycles. The highest BCUT2D eigenvalue weighted by molar-refractivity contribution is 7.94. The summed E-state index contributed by atoms with van der Waals surface area (Å²) >= 11 is 0. The molecular weight excluding hydrogens is 286 g/mol. The second kappa shape index (κ2) is 5.91. The fraction of sp³-hybridized carbons (Fsp3) is 0.333. The van der Waals surface area contributed by atoms with Gasteiger partial charge in [0, 0.05) is 0 Å². The van der Waals surface area contributed by atoms with Crippen molar-refractivity contribution in [3.63, 3.8) is 0 Å². The Kier molecular flexibility index (Phi) is 4.72. The number of ether oxygens (including phenoxy) is 1. The van der Waals surface area contributed by atoms with Gasteiger partial charge in [0.1, 0.15) is 0 Å². The average molecular weight is 301 g/mol. The molecule has 0 radical (unpaired) electrons. The van der Waals surface area contributed by atoms with Crippen molar-refractivity contribution < 1.29 is 27.9 Å². The second-order valence-electron chi connectivity index (χ2n) is 4.17. The number of carboxylic acid groups (broad SMARTS) is 1. The van der Waals surface area contributed by atoms with Crippen molar-refractivity contribution >= 4 is 27.6 Å². The molecular formula is C12H15NO6S. The largest absolute Gasteiger partial charge is 0.478 e. The van der Waals surface area contributed by atoms with Crippen molar-refractivity contribution in [2.45, 2.75) is 19.1 Å². The Morgan fingerprint density at radius 2 is 1.95 bits per heavy atom. The van der Waals surface area contributed by atoms with E-state index in [1.165, 1.54) is 12.1 Å². The first-order valence-electron chi connectivity index (χ1n) is 5.62. The zero-order valence-electron chi connectivity index (χ0n) is 11.2. The monoisotopic (exact) mass is 301 g/mol. The quantitative estimate of drug-likeness (QED) is 0.785. The molecule has 8 heteroatoms. The van der Waals surface area contributed by atoms with Crippen molar-refractivity contribution in [1.29, 1.82) is 0 Å². The number of aryl methyl sites for hydroxylation is 1. The van der Waals surface area contributed by atoms with Crippen molar-refractivity contribution in [3.05, 3.63) is 29.3 Å². The van der Waals surface area contributed by atoms with Crippen molar-refractivity contribution in [2.24, 2.45) is 0 Å². The normalized spacial score (nSPS) is 12.6. The molecule has 0 saturated carbocycles. The molecule has 20 heavy (non-hydrogen) atoms. The fourth-order valence-electron chi connectivity index (χ4n) is 1.46. The van der Waals surface area contributed by atoms with E-state index >= 15 is 0 Å². The minimum atomic E-state index is -4.08. The Bertz CT molecular complexity index is 637. The molecule has 7 nitrogen and oxygen atoms in total. The van der Waals surface area contributed by atoms with Gasteiger partial charge in [-0.25, -0.2) is 13.2 Å². The van der Waals surface area contributed by atoms with Crippen LogP contribution in [0.25, 0.3) is 0 Å². The van der Waals surface area contributed by atoms with Gasteiger partial charge < -0.3 is 9.84 Å². The number of anilines is 1. The van der Waals surface area contributed by atoms with E-state index in [1.807, 2.05) is 0 Å². The number of carbonyl (C=O) groups is 2. The number of aromatic carboxylic acids is 1. The molecule has 0 fully saturated rings. The molecule has 110 valence electrons. The van der Waals surface area contributed by atoms with Crippen LogP contribution in [0.4, 0.5) is 5.69 Å². The van der Waals surface area contributed by atoms with Crippen LogP contribution in [0.2, 0.25) is 0 Å². The van der Waals surface area contributed by atoms with Crippen molar-refractivity contribution in [3.8, 4) is 0 Å². The lowest BCUT2D eigenvalue weighted by Gasteiger charge is -2.14. The Balaban J connectivity index is 3.16. The summed E-state index contributed by atoms with van der Waals surface area (Å²) in [5.74, 6) is -2.20. The third-order valence-corrected chi connectivity index (χ3v) is 4.28. The topological polar surface area (TPSA) is 110 Å². The molecule has 2 N–H and O–H groups in total. The molecule has 1 aromatic carbocycles. The highest BCUT2D eigenvalue weighted by atomic mass is 32.2. The van der Waals surface area contributed by atoms with Gasteiger partial charge in [0.2, 0.25) is 10.0 Å². The predicted octanol–water partition coefficient (Wildman–Crippen LogP) is 0.996. The number of carboxylic acids is 1. The van der Waals surface area contributed by atoms with Gasteiger partial charge in [-0.05, 0) is 26.0 Å². The number of benzene rings is 1. The predicted molar refractivity (Wildman–Crippen MR) is 72.2 cm³/mol. The highest BCUT2D eigenvalue weighted by Gasteiger charge is 2.30. The zero-order valence-corrected chi connectivity index (χ0v) is 12.0. The molecule has 0 spiro atoms. The van der Waals surface area contributed by atoms with Crippen LogP contribution in [0, 0.1) is 6.92 Å². The smallest absolute Gasteiger partial charge is 0.337 e. The number of hydrogen-bond acceptors (Lipinski definition) is 5. The molecule has 1 rings (SSSR count). The van der Waals surface area contributed by atoms with Gasteiger partial charge in [-0.2, -0.15) is 0 Å². The van der Waals surface area contributed by atoms with E-state index in [0.29, 0.717) is 5.56 Å². The first kappa shape index (κ1) is 16.0. The van der Waals surface area contributed by atoms with Gasteiger partial charge in [-0.15, -0.1) is 0 Å². The molecule has 1 unspecified atom stereocenters. The lowest BCUT2D eigenvalue weighted by molar-refractivity contribution is -0.139. The lowest BCUT2D eigenvalue weighted by Crippen LogP contribution is -2.33. The molecule has 0 aliphatic rings. The molecule has 0 saturated heterocycles. The maximum atomic E-state index is 12.0. The minimum Gasteiger partial charge on any atom is -0.478 e. The molecule has 0 heterocycles. The lowest BCUT2D eigenvalue weighted by atomic mass is 10.1. The van der Waals surface area contributed by atoms with E-state index in [-0.39, 0.29) is 11.3 Å². The van der Waals surface area contributed by atoms with E-state index in [9.17, 15) is 18.0 Å². The first-order valence-corrected chi connectivity index (χ1v) is 7.17. The summed E-state index contributed by atoms with van der Waals surface area (Å²) in [6.45, 7) is 2.84. The molecule has 1 aromatic rings. The number of methoxy groups -OCH3 is 1. The molecule has 1 atom stereocenters. The SMILES string of the molecule is COC(=O)C(C)S(=O)(=O)Nc1ccc(C)cc1C(=O)O. The summed E-state index contributed by atoms with van der Waals surface area (Å²) in [5.41, 5.74) is 0.385. The summed E-state index contributed by atoms with van der Waals surface area (Å²) in [6, 6.07) is 4.23. The van der Waals surface area contributed by atoms with Crippen LogP contribution in [-0.4, -0.2) is 37.8 Å². The highest BCUT2D eigenvalue weighted by Crippen LogP contribution is 2.20. The molecule has 0 aromatic heterocycles. The van der Waals surface area contributed by atoms with Crippen molar-refractivity contribution in [2.75, 3.05) is 11.8 Å². The van der Waals surface area contributed by atoms with Crippen LogP contribution >= 0.6 is 0 Å². The summed E-state index contributed by atoms with van der Waals surface area (Å²) in [7, 11) is -3.01. The maximum Gasteiger partial charge on any atom is 0.337 e. The van der Waals surface area contributed by atoms with E-state index in [2.05, 4.69) is 9.46 Å². The third kappa shape index (κ3) is 3.47. The fourth-order valence-corrected chi connectivity index (χ4v) is 2.47. The summed E-state index contributed by atoms with van der Waals surface area (Å²) in [4.78, 5) is 22.4. The minimum absolute atomic E-state index is 0.0983. The van der Waals surface area contributed by atoms with Gasteiger partial charge in [0.25, 0.3) is 0 Å². The Hall–Kier alpha value is -2.09. The van der Waals surface area contributed by atoms with E-state index in [4.69, 9.17) is 5.11 Å². The van der Waals surface area contributed by atoms with Gasteiger partial charge in [0.05, 0.1) is 18.4 Å². The summed E-state index contributed by atoms with van der Waals surface area (Å²) in [6.07, 6.45) is 0. The second-order valence-corrected chi connectivity index (χ2v) is 6.17. The number of carbonyl (C=O) groups excluding carboxylic acids is 1. The van der Waals surface area contributed by atoms with Crippen LogP contribution in [0.3, 0.4) is 0 Å². The van der Waals surface area contributed by atoms with Gasteiger partial charge in [-0.3, -0.25) is 9.52 Å². The van der Waals surface area contributed by atoms with E-state index in [0.717, 1.165) is 14.0 Å². The first-order chi connectivity index (χ1) is 9.19.